The zero-order valence-electron chi connectivity index (χ0n) is 10.0. The molecule has 0 aromatic carbocycles. The van der Waals surface area contributed by atoms with Crippen molar-refractivity contribution in [1.29, 1.82) is 0 Å². The van der Waals surface area contributed by atoms with Gasteiger partial charge in [0.15, 0.2) is 18.8 Å². The van der Waals surface area contributed by atoms with Crippen LogP contribution in [0.2, 0.25) is 0 Å². The van der Waals surface area contributed by atoms with E-state index in [0.29, 0.717) is 18.5 Å². The highest BCUT2D eigenvalue weighted by Crippen LogP contribution is 1.97. The quantitative estimate of drug-likeness (QED) is 0.515. The van der Waals surface area contributed by atoms with Crippen LogP contribution in [0, 0.1) is 0 Å². The lowest BCUT2D eigenvalue weighted by atomic mass is 10.2. The van der Waals surface area contributed by atoms with Gasteiger partial charge in [0, 0.05) is 19.5 Å². The van der Waals surface area contributed by atoms with Crippen LogP contribution in [0.1, 0.15) is 16.8 Å². The number of aromatic nitrogens is 2. The number of hydrogen-bond donors (Lipinski definition) is 2. The van der Waals surface area contributed by atoms with Gasteiger partial charge in [-0.3, -0.25) is 9.79 Å². The number of amides is 1. The zero-order chi connectivity index (χ0) is 13.5. The minimum atomic E-state index is -1.01. The van der Waals surface area contributed by atoms with Gasteiger partial charge in [-0.05, 0) is 11.8 Å². The molecule has 0 saturated carbocycles. The molecule has 0 saturated heterocycles. The molecule has 18 heavy (non-hydrogen) atoms. The topological polar surface area (TPSA) is 95.5 Å². The summed E-state index contributed by atoms with van der Waals surface area (Å²) in [5.74, 6) is -1.22. The van der Waals surface area contributed by atoms with Crippen molar-refractivity contribution in [3.05, 3.63) is 24.0 Å². The van der Waals surface area contributed by atoms with E-state index >= 15 is 0 Å². The van der Waals surface area contributed by atoms with Crippen molar-refractivity contribution in [1.82, 2.24) is 10.4 Å². The molecule has 0 bridgehead atoms. The molecule has 1 heterocycles. The summed E-state index contributed by atoms with van der Waals surface area (Å²) in [4.78, 5) is 25.5. The van der Waals surface area contributed by atoms with E-state index in [1.165, 1.54) is 13.2 Å². The van der Waals surface area contributed by atoms with Crippen LogP contribution >= 0.6 is 0 Å². The van der Waals surface area contributed by atoms with Crippen LogP contribution in [-0.4, -0.2) is 41.9 Å². The molecule has 0 aliphatic heterocycles. The van der Waals surface area contributed by atoms with Crippen molar-refractivity contribution >= 4 is 18.6 Å². The van der Waals surface area contributed by atoms with Gasteiger partial charge in [0.2, 0.25) is 0 Å². The molecule has 1 amide bonds. The molecule has 1 aromatic heterocycles. The highest BCUT2D eigenvalue weighted by Gasteiger charge is 2.17. The first-order valence-electron chi connectivity index (χ1n) is 5.35. The van der Waals surface area contributed by atoms with Crippen molar-refractivity contribution in [2.75, 3.05) is 7.05 Å². The molecule has 0 spiro atoms. The van der Waals surface area contributed by atoms with Crippen molar-refractivity contribution in [2.45, 2.75) is 19.0 Å². The van der Waals surface area contributed by atoms with Crippen LogP contribution in [0.15, 0.2) is 23.5 Å². The Morgan fingerprint density at radius 2 is 2.39 bits per heavy atom. The smallest absolute Gasteiger partial charge is 0.328 e. The average molecular weight is 251 g/mol. The first-order chi connectivity index (χ1) is 8.58. The van der Waals surface area contributed by atoms with Crippen molar-refractivity contribution in [3.8, 4) is 0 Å². The summed E-state index contributed by atoms with van der Waals surface area (Å²) in [7, 11) is 1.54. The van der Waals surface area contributed by atoms with Crippen LogP contribution in [0.25, 0.3) is 0 Å². The second-order valence-corrected chi connectivity index (χ2v) is 3.58. The van der Waals surface area contributed by atoms with Gasteiger partial charge >= 0.3 is 5.97 Å². The second-order valence-electron chi connectivity index (χ2n) is 3.58. The molecule has 7 heteroatoms. The first kappa shape index (κ1) is 13.8. The molecular weight excluding hydrogens is 236 g/mol. The summed E-state index contributed by atoms with van der Waals surface area (Å²) in [5.41, 5.74) is 0.449. The minimum absolute atomic E-state index is 0.217. The van der Waals surface area contributed by atoms with Crippen LogP contribution in [0.5, 0.6) is 0 Å². The van der Waals surface area contributed by atoms with Gasteiger partial charge in [0.05, 0.1) is 5.56 Å². The summed E-state index contributed by atoms with van der Waals surface area (Å²) in [6.07, 6.45) is 3.35. The number of carboxylic acids is 1. The highest BCUT2D eigenvalue weighted by molar-refractivity contribution is 5.93. The predicted octanol–water partition coefficient (Wildman–Crippen LogP) is -0.727. The number of carboxylic acid groups (broad SMARTS) is 1. The molecule has 0 aliphatic rings. The molecule has 1 aromatic rings. The lowest BCUT2D eigenvalue weighted by molar-refractivity contribution is -0.754. The third-order valence-corrected chi connectivity index (χ3v) is 2.40. The molecule has 1 atom stereocenters. The average Bonchev–Trinajstić information content (AvgIpc) is 2.39. The summed E-state index contributed by atoms with van der Waals surface area (Å²) < 4.78 is 1.55. The Hall–Kier alpha value is -2.31. The first-order valence-corrected chi connectivity index (χ1v) is 5.35. The normalized spacial score (nSPS) is 11.6. The molecule has 96 valence electrons. The molecule has 1 rings (SSSR count). The van der Waals surface area contributed by atoms with E-state index in [2.05, 4.69) is 22.1 Å². The van der Waals surface area contributed by atoms with Crippen molar-refractivity contribution < 1.29 is 19.4 Å². The SMILES string of the molecule is C=N[C@@H](CC[n+]1ccc(C(=O)NC)cn1)C(=O)O. The van der Waals surface area contributed by atoms with E-state index in [4.69, 9.17) is 5.11 Å². The van der Waals surface area contributed by atoms with Crippen molar-refractivity contribution in [2.24, 2.45) is 4.99 Å². The monoisotopic (exact) mass is 251 g/mol. The maximum absolute atomic E-state index is 11.3. The summed E-state index contributed by atoms with van der Waals surface area (Å²) >= 11 is 0. The van der Waals surface area contributed by atoms with Gasteiger partial charge in [0.25, 0.3) is 5.91 Å². The fourth-order valence-corrected chi connectivity index (χ4v) is 1.34. The van der Waals surface area contributed by atoms with Gasteiger partial charge < -0.3 is 10.4 Å². The van der Waals surface area contributed by atoms with Crippen LogP contribution < -0.4 is 10.00 Å². The fourth-order valence-electron chi connectivity index (χ4n) is 1.34. The fraction of sp³-hybridized carbons (Fsp3) is 0.364. The maximum Gasteiger partial charge on any atom is 0.328 e. The number of nitrogens with zero attached hydrogens (tertiary/aromatic N) is 3. The van der Waals surface area contributed by atoms with Crippen LogP contribution in [0.4, 0.5) is 0 Å². The minimum Gasteiger partial charge on any atom is -0.480 e. The Kier molecular flexibility index (Phi) is 4.91. The summed E-state index contributed by atoms with van der Waals surface area (Å²) in [6.45, 7) is 3.62. The Balaban J connectivity index is 2.61. The lowest BCUT2D eigenvalue weighted by Crippen LogP contribution is -2.40. The van der Waals surface area contributed by atoms with Crippen LogP contribution in [-0.2, 0) is 11.3 Å². The summed E-state index contributed by atoms with van der Waals surface area (Å²) in [5, 5.41) is 15.3. The standard InChI is InChI=1S/C11H14N4O3/c1-12-9(11(17)18)4-6-15-5-3-8(7-14-15)10(16)13-2/h3,5,7,9H,1,4,6H2,2H3,(H-,13,16,17,18)/p+1/t9-/m0/s1. The Bertz CT molecular complexity index is 444. The van der Waals surface area contributed by atoms with Gasteiger partial charge in [0.1, 0.15) is 6.20 Å². The van der Waals surface area contributed by atoms with Crippen LogP contribution in [0.3, 0.4) is 0 Å². The molecule has 0 fully saturated rings. The maximum atomic E-state index is 11.3. The lowest BCUT2D eigenvalue weighted by Gasteiger charge is -2.02. The van der Waals surface area contributed by atoms with Crippen molar-refractivity contribution in [3.63, 3.8) is 0 Å². The number of carbonyl (C=O) groups excluding carboxylic acids is 1. The number of rotatable bonds is 6. The zero-order valence-corrected chi connectivity index (χ0v) is 10.0. The number of aryl methyl sites for hydroxylation is 1. The molecule has 7 nitrogen and oxygen atoms in total. The number of nitrogens with one attached hydrogen (secondary N) is 1. The van der Waals surface area contributed by atoms with E-state index in [1.54, 1.807) is 16.9 Å². The van der Waals surface area contributed by atoms with E-state index in [9.17, 15) is 9.59 Å². The third-order valence-electron chi connectivity index (χ3n) is 2.40. The van der Waals surface area contributed by atoms with Gasteiger partial charge in [-0.1, -0.05) is 4.68 Å². The Morgan fingerprint density at radius 3 is 2.83 bits per heavy atom. The Labute approximate surface area is 104 Å². The number of aliphatic carboxylic acids is 1. The Morgan fingerprint density at radius 1 is 1.67 bits per heavy atom. The van der Waals surface area contributed by atoms with Gasteiger partial charge in [-0.25, -0.2) is 4.79 Å². The molecule has 2 N–H and O–H groups in total. The molecule has 0 radical (unpaired) electrons. The van der Waals surface area contributed by atoms with Gasteiger partial charge in [-0.2, -0.15) is 0 Å². The van der Waals surface area contributed by atoms with E-state index in [0.717, 1.165) is 0 Å². The molecule has 0 aliphatic carbocycles. The van der Waals surface area contributed by atoms with E-state index < -0.39 is 12.0 Å². The molecule has 0 unspecified atom stereocenters. The number of hydrogen-bond acceptors (Lipinski definition) is 4. The second kappa shape index (κ2) is 6.43. The summed E-state index contributed by atoms with van der Waals surface area (Å²) in [6, 6.07) is 0.779. The number of aliphatic imine (C=N–C) groups is 1. The largest absolute Gasteiger partial charge is 0.480 e. The third kappa shape index (κ3) is 3.62. The van der Waals surface area contributed by atoms with E-state index in [1.807, 2.05) is 0 Å². The number of carbonyl (C=O) groups is 2. The van der Waals surface area contributed by atoms with Gasteiger partial charge in [-0.15, -0.1) is 0 Å². The molecular formula is C11H15N4O3+. The highest BCUT2D eigenvalue weighted by atomic mass is 16.4. The predicted molar refractivity (Wildman–Crippen MR) is 63.4 cm³/mol. The van der Waals surface area contributed by atoms with E-state index in [-0.39, 0.29) is 5.91 Å².